The van der Waals surface area contributed by atoms with Crippen molar-refractivity contribution in [2.45, 2.75) is 438 Å². The van der Waals surface area contributed by atoms with Crippen molar-refractivity contribution in [3.8, 4) is 0 Å². The number of phosphoric ester groups is 2. The molecule has 0 bridgehead atoms. The van der Waals surface area contributed by atoms with Crippen LogP contribution in [0.15, 0.2) is 0 Å². The second-order valence-electron chi connectivity index (χ2n) is 28.7. The molecule has 0 aliphatic carbocycles. The average molecular weight is 1440 g/mol. The zero-order valence-corrected chi connectivity index (χ0v) is 65.7. The fourth-order valence-electron chi connectivity index (χ4n) is 12.2. The Bertz CT molecular complexity index is 1880. The third-order valence-corrected chi connectivity index (χ3v) is 20.8. The molecule has 582 valence electrons. The fraction of sp³-hybridized carbons (Fsp3) is 0.949. The predicted molar refractivity (Wildman–Crippen MR) is 400 cm³/mol. The van der Waals surface area contributed by atoms with Gasteiger partial charge in [0.25, 0.3) is 0 Å². The standard InChI is InChI=1S/C79H154O17P2/c1-6-10-13-16-19-22-25-27-29-30-35-38-43-48-53-58-63-77(82)90-69-75(96-79(84)65-60-55-50-45-40-36-32-31-33-37-41-46-51-56-61-72(5)9-4)71-94-98(87,88)92-67-73(80)66-91-97(85,86)93-70-74(68-89-76(81)62-57-52-47-42-24-21-18-15-12-8-3)95-78(83)64-59-54-49-44-39-34-28-26-23-20-17-14-11-7-2/h72-75,80H,6-71H2,1-5H3,(H,85,86)(H,87,88)/t72?,73-,74+,75+/m0/s1. The minimum atomic E-state index is -4.96. The predicted octanol–water partition coefficient (Wildman–Crippen LogP) is 23.6. The monoisotopic (exact) mass is 1440 g/mol. The van der Waals surface area contributed by atoms with Gasteiger partial charge < -0.3 is 33.8 Å². The van der Waals surface area contributed by atoms with Gasteiger partial charge in [0.2, 0.25) is 0 Å². The Morgan fingerprint density at radius 3 is 0.724 bits per heavy atom. The molecule has 0 saturated carbocycles. The Morgan fingerprint density at radius 1 is 0.286 bits per heavy atom. The van der Waals surface area contributed by atoms with Crippen molar-refractivity contribution in [1.82, 2.24) is 0 Å². The van der Waals surface area contributed by atoms with Gasteiger partial charge >= 0.3 is 39.5 Å². The van der Waals surface area contributed by atoms with E-state index in [1.54, 1.807) is 0 Å². The molecule has 0 aromatic rings. The van der Waals surface area contributed by atoms with E-state index >= 15 is 0 Å². The Morgan fingerprint density at radius 2 is 0.490 bits per heavy atom. The molecule has 3 unspecified atom stereocenters. The highest BCUT2D eigenvalue weighted by Crippen LogP contribution is 2.45. The summed E-state index contributed by atoms with van der Waals surface area (Å²) in [5, 5.41) is 10.6. The zero-order chi connectivity index (χ0) is 71.9. The largest absolute Gasteiger partial charge is 0.472 e. The Hall–Kier alpha value is -1.94. The zero-order valence-electron chi connectivity index (χ0n) is 63.9. The summed E-state index contributed by atoms with van der Waals surface area (Å²) in [5.41, 5.74) is 0. The van der Waals surface area contributed by atoms with Crippen LogP contribution < -0.4 is 0 Å². The molecule has 0 aromatic heterocycles. The van der Waals surface area contributed by atoms with Crippen LogP contribution in [0.25, 0.3) is 0 Å². The van der Waals surface area contributed by atoms with Crippen LogP contribution in [0.5, 0.6) is 0 Å². The van der Waals surface area contributed by atoms with Crippen molar-refractivity contribution in [1.29, 1.82) is 0 Å². The number of hydrogen-bond acceptors (Lipinski definition) is 15. The van der Waals surface area contributed by atoms with E-state index in [4.69, 9.17) is 37.0 Å². The van der Waals surface area contributed by atoms with Gasteiger partial charge in [-0.3, -0.25) is 37.3 Å². The fourth-order valence-corrected chi connectivity index (χ4v) is 13.8. The summed E-state index contributed by atoms with van der Waals surface area (Å²) in [4.78, 5) is 72.9. The van der Waals surface area contributed by atoms with E-state index in [0.717, 1.165) is 95.8 Å². The van der Waals surface area contributed by atoms with Gasteiger partial charge in [0.15, 0.2) is 12.2 Å². The molecule has 98 heavy (non-hydrogen) atoms. The average Bonchev–Trinajstić information content (AvgIpc) is 1.04. The van der Waals surface area contributed by atoms with Crippen LogP contribution in [0, 0.1) is 5.92 Å². The molecule has 0 rings (SSSR count). The maximum atomic E-state index is 13.1. The molecule has 19 heteroatoms. The number of carbonyl (C=O) groups is 4. The van der Waals surface area contributed by atoms with E-state index in [1.807, 2.05) is 0 Å². The third-order valence-electron chi connectivity index (χ3n) is 18.9. The third kappa shape index (κ3) is 71.1. The second kappa shape index (κ2) is 72.0. The molecular weight excluding hydrogens is 1280 g/mol. The van der Waals surface area contributed by atoms with Gasteiger partial charge in [-0.15, -0.1) is 0 Å². The number of carbonyl (C=O) groups excluding carboxylic acids is 4. The van der Waals surface area contributed by atoms with Crippen molar-refractivity contribution in [2.24, 2.45) is 5.92 Å². The molecule has 17 nitrogen and oxygen atoms in total. The number of aliphatic hydroxyl groups excluding tert-OH is 1. The Labute approximate surface area is 600 Å². The van der Waals surface area contributed by atoms with Gasteiger partial charge in [-0.05, 0) is 31.6 Å². The summed E-state index contributed by atoms with van der Waals surface area (Å²) in [6, 6.07) is 0. The number of unbranched alkanes of at least 4 members (excludes halogenated alkanes) is 50. The molecule has 0 spiro atoms. The number of ether oxygens (including phenoxy) is 4. The summed E-state index contributed by atoms with van der Waals surface area (Å²) in [7, 11) is -9.91. The van der Waals surface area contributed by atoms with Gasteiger partial charge in [0, 0.05) is 25.7 Å². The number of phosphoric acid groups is 2. The van der Waals surface area contributed by atoms with Crippen LogP contribution in [-0.2, 0) is 65.4 Å². The van der Waals surface area contributed by atoms with Gasteiger partial charge in [0.05, 0.1) is 26.4 Å². The molecule has 0 amide bonds. The van der Waals surface area contributed by atoms with E-state index < -0.39 is 97.5 Å². The van der Waals surface area contributed by atoms with E-state index in [1.165, 1.54) is 244 Å². The first-order valence-corrected chi connectivity index (χ1v) is 44.2. The first-order valence-electron chi connectivity index (χ1n) is 41.2. The highest BCUT2D eigenvalue weighted by atomic mass is 31.2. The van der Waals surface area contributed by atoms with Crippen LogP contribution >= 0.6 is 15.6 Å². The Kier molecular flexibility index (Phi) is 70.6. The summed E-state index contributed by atoms with van der Waals surface area (Å²) >= 11 is 0. The van der Waals surface area contributed by atoms with Gasteiger partial charge in [-0.25, -0.2) is 9.13 Å². The second-order valence-corrected chi connectivity index (χ2v) is 31.6. The molecule has 0 aliphatic rings. The lowest BCUT2D eigenvalue weighted by molar-refractivity contribution is -0.161. The lowest BCUT2D eigenvalue weighted by Gasteiger charge is -2.21. The molecular formula is C79H154O17P2. The molecule has 0 saturated heterocycles. The van der Waals surface area contributed by atoms with Crippen LogP contribution in [0.1, 0.15) is 420 Å². The normalized spacial score (nSPS) is 14.2. The molecule has 0 fully saturated rings. The van der Waals surface area contributed by atoms with Gasteiger partial charge in [0.1, 0.15) is 19.3 Å². The maximum absolute atomic E-state index is 13.1. The van der Waals surface area contributed by atoms with Crippen molar-refractivity contribution < 1.29 is 80.2 Å². The number of esters is 4. The molecule has 0 aliphatic heterocycles. The molecule has 0 radical (unpaired) electrons. The SMILES string of the molecule is CCCCCCCCCCCCCCCCCCC(=O)OC[C@H](COP(=O)(O)OC[C@@H](O)COP(=O)(O)OC[C@@H](COC(=O)CCCCCCCCCCCC)OC(=O)CCCCCCCCCCCCCCCC)OC(=O)CCCCCCCCCCCCCCCCC(C)CC. The van der Waals surface area contributed by atoms with Crippen molar-refractivity contribution in [2.75, 3.05) is 39.6 Å². The van der Waals surface area contributed by atoms with Crippen molar-refractivity contribution in [3.05, 3.63) is 0 Å². The minimum Gasteiger partial charge on any atom is -0.462 e. The molecule has 3 N–H and O–H groups in total. The molecule has 6 atom stereocenters. The summed E-state index contributed by atoms with van der Waals surface area (Å²) < 4.78 is 68.7. The van der Waals surface area contributed by atoms with E-state index in [-0.39, 0.29) is 25.7 Å². The smallest absolute Gasteiger partial charge is 0.462 e. The van der Waals surface area contributed by atoms with E-state index in [0.29, 0.717) is 25.7 Å². The topological polar surface area (TPSA) is 237 Å². The van der Waals surface area contributed by atoms with Gasteiger partial charge in [-0.2, -0.15) is 0 Å². The molecule has 0 heterocycles. The first kappa shape index (κ1) is 96.1. The highest BCUT2D eigenvalue weighted by molar-refractivity contribution is 7.47. The van der Waals surface area contributed by atoms with Crippen LogP contribution in [-0.4, -0.2) is 96.7 Å². The number of hydrogen-bond donors (Lipinski definition) is 3. The summed E-state index contributed by atoms with van der Waals surface area (Å²) in [6.07, 6.45) is 62.2. The lowest BCUT2D eigenvalue weighted by atomic mass is 9.99. The van der Waals surface area contributed by atoms with E-state index in [2.05, 4.69) is 34.6 Å². The molecule has 0 aromatic carbocycles. The van der Waals surface area contributed by atoms with Crippen LogP contribution in [0.3, 0.4) is 0 Å². The van der Waals surface area contributed by atoms with E-state index in [9.17, 15) is 43.2 Å². The summed E-state index contributed by atoms with van der Waals surface area (Å²) in [6.45, 7) is 7.37. The van der Waals surface area contributed by atoms with Crippen molar-refractivity contribution >= 4 is 39.5 Å². The van der Waals surface area contributed by atoms with Crippen LogP contribution in [0.4, 0.5) is 0 Å². The number of rotatable bonds is 79. The summed E-state index contributed by atoms with van der Waals surface area (Å²) in [5.74, 6) is -1.26. The Balaban J connectivity index is 5.24. The van der Waals surface area contributed by atoms with Gasteiger partial charge in [-0.1, -0.05) is 369 Å². The lowest BCUT2D eigenvalue weighted by Crippen LogP contribution is -2.30. The maximum Gasteiger partial charge on any atom is 0.472 e. The number of aliphatic hydroxyl groups is 1. The quantitative estimate of drug-likeness (QED) is 0.0222. The minimum absolute atomic E-state index is 0.108. The van der Waals surface area contributed by atoms with Crippen LogP contribution in [0.2, 0.25) is 0 Å². The van der Waals surface area contributed by atoms with Crippen molar-refractivity contribution in [3.63, 3.8) is 0 Å². The highest BCUT2D eigenvalue weighted by Gasteiger charge is 2.30. The first-order chi connectivity index (χ1) is 47.6.